The van der Waals surface area contributed by atoms with Gasteiger partial charge in [-0.05, 0) is 158 Å². The Bertz CT molecular complexity index is 2130. The Morgan fingerprint density at radius 3 is 0.571 bits per heavy atom. The Kier molecular flexibility index (Phi) is 15.2. The van der Waals surface area contributed by atoms with Crippen LogP contribution in [0.25, 0.3) is 0 Å². The molecule has 16 aliphatic rings. The molecule has 0 spiro atoms. The van der Waals surface area contributed by atoms with Gasteiger partial charge in [0.05, 0.1) is 93.6 Å². The van der Waals surface area contributed by atoms with Gasteiger partial charge in [-0.15, -0.1) is 0 Å². The summed E-state index contributed by atoms with van der Waals surface area (Å²) in [5.41, 5.74) is 1.11. The van der Waals surface area contributed by atoms with Gasteiger partial charge in [-0.25, -0.2) is 0 Å². The molecule has 12 nitrogen and oxygen atoms in total. The van der Waals surface area contributed by atoms with Crippen molar-refractivity contribution in [2.75, 3.05) is 0 Å². The number of hydrogen-bond donors (Lipinski definition) is 0. The zero-order valence-corrected chi connectivity index (χ0v) is 56.1. The van der Waals surface area contributed by atoms with Crippen LogP contribution < -0.4 is 0 Å². The van der Waals surface area contributed by atoms with E-state index in [1.165, 1.54) is 103 Å². The van der Waals surface area contributed by atoms with Gasteiger partial charge in [0, 0.05) is 51.4 Å². The first-order valence-corrected chi connectivity index (χ1v) is 35.9. The summed E-state index contributed by atoms with van der Waals surface area (Å²) in [6.07, 6.45) is 40.1. The van der Waals surface area contributed by atoms with Crippen molar-refractivity contribution in [3.05, 3.63) is 0 Å². The van der Waals surface area contributed by atoms with Crippen molar-refractivity contribution in [1.29, 1.82) is 0 Å². The Labute approximate surface area is 509 Å². The topological polar surface area (TPSA) is 150 Å². The van der Waals surface area contributed by atoms with E-state index in [1.54, 1.807) is 0 Å². The maximum Gasteiger partial charge on any atom is 0.101 e. The first-order chi connectivity index (χ1) is 39.6. The van der Waals surface area contributed by atoms with Crippen LogP contribution in [0.5, 0.6) is 0 Å². The second kappa shape index (κ2) is 20.5. The normalized spacial score (nSPS) is 57.7. The molecule has 0 bridgehead atoms. The molecule has 0 amide bonds. The van der Waals surface area contributed by atoms with Gasteiger partial charge < -0.3 is 56.8 Å². The molecule has 16 fully saturated rings. The predicted molar refractivity (Wildman–Crippen MR) is 326 cm³/mol. The van der Waals surface area contributed by atoms with Crippen LogP contribution in [-0.2, 0) is 56.8 Å². The SMILES string of the molecule is CCC[C@@]12C[C@@H]3O[C@]3(C)CC[C@H]3O[C@]3(C)C[C@]1(CCC)O2.CCC[C@@]12C[C@@H]3O[C@]3(C)CC[C@H]3O[C@]3(C)C[C@]1(CCC)O2.CCC[C@@]12C[C@@H]3O[C@]3(C)CC[C@H]3O[C@]3(C)C[C@]1(CCC)O2.CCC[C@@]12C[C@@H]3O[C@]3(C)CC[C@H]3O[C@]3(C)C[C@]1(CCC)O2. The first kappa shape index (κ1) is 62.3. The monoisotopic (exact) mass is 1180 g/mol. The van der Waals surface area contributed by atoms with E-state index >= 15 is 0 Å². The van der Waals surface area contributed by atoms with Crippen molar-refractivity contribution >= 4 is 0 Å². The average molecular weight is 1180 g/mol. The molecule has 24 atom stereocenters. The Morgan fingerprint density at radius 2 is 0.393 bits per heavy atom. The van der Waals surface area contributed by atoms with Crippen molar-refractivity contribution in [3.63, 3.8) is 0 Å². The molecule has 84 heavy (non-hydrogen) atoms. The lowest BCUT2D eigenvalue weighted by Gasteiger charge is -2.23. The van der Waals surface area contributed by atoms with E-state index in [0.29, 0.717) is 48.8 Å². The van der Waals surface area contributed by atoms with Crippen LogP contribution in [0.1, 0.15) is 316 Å². The zero-order chi connectivity index (χ0) is 59.7. The minimum atomic E-state index is 0.0583. The lowest BCUT2D eigenvalue weighted by Crippen LogP contribution is -2.34. The molecule has 0 aromatic heterocycles. The number of ether oxygens (including phenoxy) is 12. The Balaban J connectivity index is 0.000000104. The van der Waals surface area contributed by atoms with Gasteiger partial charge in [-0.1, -0.05) is 107 Å². The molecule has 0 unspecified atom stereocenters. The highest BCUT2D eigenvalue weighted by Crippen LogP contribution is 2.71. The van der Waals surface area contributed by atoms with E-state index in [9.17, 15) is 0 Å². The van der Waals surface area contributed by atoms with Crippen molar-refractivity contribution in [3.8, 4) is 0 Å². The standard InChI is InChI=1S/4C18H30O3/c4*1-5-8-17-11-14-15(3,20-14)10-7-13-16(4,19-13)12-18(17,21-17)9-6-2/h4*13-14H,5-12H2,1-4H3/t4*13-,14+,15-,16-,17-,18+/m1111/s1. The van der Waals surface area contributed by atoms with Crippen molar-refractivity contribution in [1.82, 2.24) is 0 Å². The van der Waals surface area contributed by atoms with E-state index < -0.39 is 0 Å². The van der Waals surface area contributed by atoms with Crippen molar-refractivity contribution < 1.29 is 56.8 Å². The fraction of sp³-hybridized carbons (Fsp3) is 1.00. The molecule has 0 N–H and O–H groups in total. The number of hydrogen-bond acceptors (Lipinski definition) is 12. The highest BCUT2D eigenvalue weighted by molar-refractivity contribution is 5.28. The Hall–Kier alpha value is -0.480. The van der Waals surface area contributed by atoms with E-state index in [0.717, 1.165) is 103 Å². The Morgan fingerprint density at radius 1 is 0.226 bits per heavy atom. The molecule has 12 aliphatic heterocycles. The van der Waals surface area contributed by atoms with Crippen LogP contribution in [0.3, 0.4) is 0 Å². The lowest BCUT2D eigenvalue weighted by atomic mass is 9.74. The maximum atomic E-state index is 6.55. The lowest BCUT2D eigenvalue weighted by molar-refractivity contribution is 0.195. The van der Waals surface area contributed by atoms with Crippen LogP contribution in [0.15, 0.2) is 0 Å². The van der Waals surface area contributed by atoms with Gasteiger partial charge in [-0.2, -0.15) is 0 Å². The molecule has 4 aliphatic carbocycles. The second-order valence-electron chi connectivity index (χ2n) is 33.4. The zero-order valence-electron chi connectivity index (χ0n) is 56.1. The summed E-state index contributed by atoms with van der Waals surface area (Å²) in [6.45, 7) is 36.5. The summed E-state index contributed by atoms with van der Waals surface area (Å²) in [4.78, 5) is 0. The second-order valence-corrected chi connectivity index (χ2v) is 33.4. The van der Waals surface area contributed by atoms with E-state index in [1.807, 2.05) is 0 Å². The third-order valence-electron chi connectivity index (χ3n) is 26.4. The van der Waals surface area contributed by atoms with Gasteiger partial charge in [0.25, 0.3) is 0 Å². The van der Waals surface area contributed by atoms with Crippen LogP contribution in [0, 0.1) is 0 Å². The molecule has 16 rings (SSSR count). The maximum absolute atomic E-state index is 6.55. The van der Waals surface area contributed by atoms with Crippen molar-refractivity contribution in [2.45, 2.75) is 455 Å². The van der Waals surface area contributed by atoms with E-state index in [4.69, 9.17) is 56.8 Å². The molecular weight excluding hydrogens is 1060 g/mol. The minimum Gasteiger partial charge on any atom is -0.366 e. The third-order valence-corrected chi connectivity index (χ3v) is 26.4. The summed E-state index contributed by atoms with van der Waals surface area (Å²) in [6, 6.07) is 0. The van der Waals surface area contributed by atoms with Crippen LogP contribution in [0.2, 0.25) is 0 Å². The van der Waals surface area contributed by atoms with Gasteiger partial charge in [0.2, 0.25) is 0 Å². The highest BCUT2D eigenvalue weighted by atomic mass is 16.7. The summed E-state index contributed by atoms with van der Waals surface area (Å²) in [7, 11) is 0. The highest BCUT2D eigenvalue weighted by Gasteiger charge is 2.80. The molecule has 0 aromatic carbocycles. The minimum absolute atomic E-state index is 0.0583. The van der Waals surface area contributed by atoms with Crippen LogP contribution in [0.4, 0.5) is 0 Å². The fourth-order valence-corrected chi connectivity index (χ4v) is 20.8. The molecule has 12 heterocycles. The number of rotatable bonds is 16. The fourth-order valence-electron chi connectivity index (χ4n) is 20.8. The van der Waals surface area contributed by atoms with Gasteiger partial charge in [-0.3, -0.25) is 0 Å². The molecule has 12 heteroatoms. The van der Waals surface area contributed by atoms with Crippen molar-refractivity contribution in [2.24, 2.45) is 0 Å². The largest absolute Gasteiger partial charge is 0.366 e. The summed E-state index contributed by atoms with van der Waals surface area (Å²) in [5, 5.41) is 0. The van der Waals surface area contributed by atoms with Gasteiger partial charge >= 0.3 is 0 Å². The predicted octanol–water partition coefficient (Wildman–Crippen LogP) is 15.9. The van der Waals surface area contributed by atoms with Crippen LogP contribution in [-0.4, -0.2) is 138 Å². The number of epoxide rings is 12. The van der Waals surface area contributed by atoms with Crippen LogP contribution >= 0.6 is 0 Å². The molecular formula is C72H120O12. The summed E-state index contributed by atoms with van der Waals surface area (Å²) < 4.78 is 75.0. The van der Waals surface area contributed by atoms with Gasteiger partial charge in [0.1, 0.15) is 44.8 Å². The quantitative estimate of drug-likeness (QED) is 0.135. The van der Waals surface area contributed by atoms with E-state index in [-0.39, 0.29) is 89.6 Å². The van der Waals surface area contributed by atoms with E-state index in [2.05, 4.69) is 111 Å². The third kappa shape index (κ3) is 10.6. The summed E-state index contributed by atoms with van der Waals surface area (Å²) in [5.74, 6) is 0. The molecule has 4 saturated carbocycles. The molecule has 480 valence electrons. The first-order valence-electron chi connectivity index (χ1n) is 35.9. The average Bonchev–Trinajstić information content (AvgIpc) is 1.57. The molecule has 12 saturated heterocycles. The number of fused-ring (bicyclic) bond motifs is 12. The summed E-state index contributed by atoms with van der Waals surface area (Å²) >= 11 is 0. The molecule has 0 radical (unpaired) electrons. The molecule has 0 aromatic rings. The smallest absolute Gasteiger partial charge is 0.101 e. The van der Waals surface area contributed by atoms with Gasteiger partial charge in [0.15, 0.2) is 0 Å².